The van der Waals surface area contributed by atoms with Crippen LogP contribution in [-0.4, -0.2) is 33.3 Å². The predicted molar refractivity (Wildman–Crippen MR) is 145 cm³/mol. The van der Waals surface area contributed by atoms with Crippen LogP contribution in [0.25, 0.3) is 10.9 Å². The van der Waals surface area contributed by atoms with Crippen molar-refractivity contribution in [3.05, 3.63) is 75.5 Å². The van der Waals surface area contributed by atoms with Gasteiger partial charge in [-0.25, -0.2) is 14.1 Å². The first-order valence-electron chi connectivity index (χ1n) is 11.7. The van der Waals surface area contributed by atoms with E-state index >= 15 is 0 Å². The monoisotopic (exact) mass is 570 g/mol. The van der Waals surface area contributed by atoms with E-state index in [1.165, 1.54) is 28.9 Å². The number of carbonyl (C=O) groups is 3. The molecule has 1 N–H and O–H groups in total. The van der Waals surface area contributed by atoms with E-state index in [1.54, 1.807) is 40.0 Å². The van der Waals surface area contributed by atoms with E-state index in [-0.39, 0.29) is 55.1 Å². The number of nitrogens with one attached hydrogen (secondary N) is 1. The lowest BCUT2D eigenvalue weighted by Crippen LogP contribution is -2.30. The molecular formula is C27H21Cl2FN4O5. The van der Waals surface area contributed by atoms with Crippen molar-refractivity contribution in [1.82, 2.24) is 9.78 Å². The second-order valence-electron chi connectivity index (χ2n) is 9.70. The zero-order valence-corrected chi connectivity index (χ0v) is 22.6. The molecule has 3 amide bonds. The highest BCUT2D eigenvalue weighted by Gasteiger charge is 2.40. The van der Waals surface area contributed by atoms with Gasteiger partial charge in [-0.3, -0.25) is 19.6 Å². The maximum absolute atomic E-state index is 14.1. The summed E-state index contributed by atoms with van der Waals surface area (Å²) in [4.78, 5) is 40.4. The van der Waals surface area contributed by atoms with Gasteiger partial charge in [0.15, 0.2) is 11.6 Å². The number of benzene rings is 3. The number of hydrogen-bond donors (Lipinski definition) is 1. The summed E-state index contributed by atoms with van der Waals surface area (Å²) in [6.07, 6.45) is -0.834. The Labute approximate surface area is 232 Å². The maximum atomic E-state index is 14.1. The van der Waals surface area contributed by atoms with Gasteiger partial charge >= 0.3 is 6.09 Å². The number of ether oxygens (including phenoxy) is 2. The van der Waals surface area contributed by atoms with Crippen molar-refractivity contribution in [1.29, 1.82) is 0 Å². The van der Waals surface area contributed by atoms with Crippen LogP contribution >= 0.6 is 23.2 Å². The molecule has 2 heterocycles. The number of carbonyl (C=O) groups excluding carboxylic acids is 3. The summed E-state index contributed by atoms with van der Waals surface area (Å²) >= 11 is 12.9. The molecular weight excluding hydrogens is 550 g/mol. The standard InChI is InChI=1S/C27H21Cl2FN4O5/c1-27(2,3)39-26(37)31-18-12-17(29)21-20(22(18)38-19-11-13(30)9-10-16(19)28)23(32-33(21)4)34-24(35)14-7-5-6-8-15(14)25(34)36/h5-12H,1-4H3,(H,31,37). The largest absolute Gasteiger partial charge is 0.453 e. The van der Waals surface area contributed by atoms with Gasteiger partial charge < -0.3 is 9.47 Å². The Hall–Kier alpha value is -4.15. The molecule has 0 aliphatic carbocycles. The molecule has 3 aromatic carbocycles. The van der Waals surface area contributed by atoms with Crippen LogP contribution in [0.15, 0.2) is 48.5 Å². The van der Waals surface area contributed by atoms with Crippen molar-refractivity contribution in [2.45, 2.75) is 26.4 Å². The molecule has 9 nitrogen and oxygen atoms in total. The summed E-state index contributed by atoms with van der Waals surface area (Å²) in [5.74, 6) is -2.12. The average molecular weight is 571 g/mol. The van der Waals surface area contributed by atoms with E-state index < -0.39 is 29.3 Å². The number of hydrogen-bond acceptors (Lipinski definition) is 6. The van der Waals surface area contributed by atoms with Crippen LogP contribution in [0.5, 0.6) is 11.5 Å². The van der Waals surface area contributed by atoms with Gasteiger partial charge in [-0.15, -0.1) is 0 Å². The normalized spacial score (nSPS) is 13.2. The molecule has 39 heavy (non-hydrogen) atoms. The number of aromatic nitrogens is 2. The van der Waals surface area contributed by atoms with Crippen LogP contribution < -0.4 is 15.0 Å². The van der Waals surface area contributed by atoms with E-state index in [2.05, 4.69) is 10.4 Å². The topological polar surface area (TPSA) is 103 Å². The van der Waals surface area contributed by atoms with Gasteiger partial charge in [0.05, 0.1) is 37.8 Å². The molecule has 0 saturated heterocycles. The molecule has 0 radical (unpaired) electrons. The van der Waals surface area contributed by atoms with Gasteiger partial charge in [0, 0.05) is 13.1 Å². The van der Waals surface area contributed by atoms with Crippen molar-refractivity contribution in [3.63, 3.8) is 0 Å². The fourth-order valence-electron chi connectivity index (χ4n) is 4.20. The summed E-state index contributed by atoms with van der Waals surface area (Å²) in [6.45, 7) is 5.07. The molecule has 0 saturated carbocycles. The summed E-state index contributed by atoms with van der Waals surface area (Å²) in [5, 5.41) is 7.30. The maximum Gasteiger partial charge on any atom is 0.412 e. The zero-order chi connectivity index (χ0) is 28.2. The minimum Gasteiger partial charge on any atom is -0.453 e. The lowest BCUT2D eigenvalue weighted by Gasteiger charge is -2.21. The van der Waals surface area contributed by atoms with Crippen molar-refractivity contribution in [2.75, 3.05) is 10.2 Å². The number of imide groups is 1. The van der Waals surface area contributed by atoms with Crippen LogP contribution in [0.3, 0.4) is 0 Å². The molecule has 1 aliphatic rings. The Kier molecular flexibility index (Phi) is 6.48. The van der Waals surface area contributed by atoms with Crippen LogP contribution in [0.2, 0.25) is 10.0 Å². The van der Waals surface area contributed by atoms with Gasteiger partial charge in [-0.05, 0) is 51.1 Å². The summed E-state index contributed by atoms with van der Waals surface area (Å²) < 4.78 is 27.0. The first kappa shape index (κ1) is 26.5. The Morgan fingerprint density at radius 1 is 1.00 bits per heavy atom. The smallest absolute Gasteiger partial charge is 0.412 e. The third kappa shape index (κ3) is 4.77. The van der Waals surface area contributed by atoms with Gasteiger partial charge in [-0.1, -0.05) is 35.3 Å². The number of amides is 3. The van der Waals surface area contributed by atoms with Gasteiger partial charge in [0.25, 0.3) is 11.8 Å². The second-order valence-corrected chi connectivity index (χ2v) is 10.5. The predicted octanol–water partition coefficient (Wildman–Crippen LogP) is 6.96. The van der Waals surface area contributed by atoms with Crippen molar-refractivity contribution >= 4 is 63.5 Å². The van der Waals surface area contributed by atoms with Gasteiger partial charge in [-0.2, -0.15) is 5.10 Å². The van der Waals surface area contributed by atoms with Crippen LogP contribution in [0, 0.1) is 5.82 Å². The van der Waals surface area contributed by atoms with Crippen molar-refractivity contribution in [2.24, 2.45) is 7.05 Å². The molecule has 0 unspecified atom stereocenters. The molecule has 1 aliphatic heterocycles. The number of anilines is 2. The number of aryl methyl sites for hydroxylation is 1. The molecule has 4 aromatic rings. The molecule has 5 rings (SSSR count). The van der Waals surface area contributed by atoms with Crippen molar-refractivity contribution < 1.29 is 28.2 Å². The highest BCUT2D eigenvalue weighted by Crippen LogP contribution is 2.47. The van der Waals surface area contributed by atoms with E-state index in [1.807, 2.05) is 0 Å². The molecule has 0 bridgehead atoms. The Bertz CT molecular complexity index is 1660. The van der Waals surface area contributed by atoms with E-state index in [9.17, 15) is 18.8 Å². The third-order valence-corrected chi connectivity index (χ3v) is 6.34. The number of fused-ring (bicyclic) bond motifs is 2. The lowest BCUT2D eigenvalue weighted by molar-refractivity contribution is 0.0635. The van der Waals surface area contributed by atoms with Crippen LogP contribution in [0.1, 0.15) is 41.5 Å². The fourth-order valence-corrected chi connectivity index (χ4v) is 4.69. The van der Waals surface area contributed by atoms with Crippen LogP contribution in [-0.2, 0) is 11.8 Å². The van der Waals surface area contributed by atoms with Gasteiger partial charge in [0.2, 0.25) is 0 Å². The second kappa shape index (κ2) is 9.55. The first-order valence-corrected chi connectivity index (χ1v) is 12.4. The van der Waals surface area contributed by atoms with E-state index in [0.717, 1.165) is 17.0 Å². The summed E-state index contributed by atoms with van der Waals surface area (Å²) in [6, 6.07) is 11.3. The third-order valence-electron chi connectivity index (χ3n) is 5.74. The molecule has 0 spiro atoms. The zero-order valence-electron chi connectivity index (χ0n) is 21.1. The van der Waals surface area contributed by atoms with E-state index in [4.69, 9.17) is 32.7 Å². The molecule has 12 heteroatoms. The number of rotatable bonds is 4. The average Bonchev–Trinajstić information content (AvgIpc) is 3.31. The van der Waals surface area contributed by atoms with Crippen LogP contribution in [0.4, 0.5) is 20.7 Å². The Balaban J connectivity index is 1.76. The summed E-state index contributed by atoms with van der Waals surface area (Å²) in [5.41, 5.74) is -0.143. The van der Waals surface area contributed by atoms with Crippen molar-refractivity contribution in [3.8, 4) is 11.5 Å². The SMILES string of the molecule is Cn1nc(N2C(=O)c3ccccc3C2=O)c2c(Oc3cc(F)ccc3Cl)c(NC(=O)OC(C)(C)C)cc(Cl)c21. The molecule has 1 aromatic heterocycles. The molecule has 0 atom stereocenters. The highest BCUT2D eigenvalue weighted by molar-refractivity contribution is 6.39. The van der Waals surface area contributed by atoms with Gasteiger partial charge in [0.1, 0.15) is 17.2 Å². The summed E-state index contributed by atoms with van der Waals surface area (Å²) in [7, 11) is 1.57. The Morgan fingerprint density at radius 3 is 2.26 bits per heavy atom. The fraction of sp³-hybridized carbons (Fsp3) is 0.185. The first-order chi connectivity index (χ1) is 18.4. The minimum absolute atomic E-state index is 0.00735. The molecule has 200 valence electrons. The Morgan fingerprint density at radius 2 is 1.64 bits per heavy atom. The quantitative estimate of drug-likeness (QED) is 0.266. The number of halogens is 3. The number of nitrogens with zero attached hydrogens (tertiary/aromatic N) is 3. The minimum atomic E-state index is -0.834. The molecule has 0 fully saturated rings. The lowest BCUT2D eigenvalue weighted by atomic mass is 10.1. The van der Waals surface area contributed by atoms with E-state index in [0.29, 0.717) is 0 Å². The highest BCUT2D eigenvalue weighted by atomic mass is 35.5.